The minimum atomic E-state index is -0.634. The molecule has 96 valence electrons. The molecule has 7 heteroatoms. The predicted octanol–water partition coefficient (Wildman–Crippen LogP) is 2.16. The lowest BCUT2D eigenvalue weighted by Crippen LogP contribution is -2.34. The van der Waals surface area contributed by atoms with Gasteiger partial charge in [0.15, 0.2) is 0 Å². The van der Waals surface area contributed by atoms with Gasteiger partial charge in [-0.2, -0.15) is 0 Å². The number of carbonyl (C=O) groups excluding carboxylic acids is 1. The molecule has 1 aromatic rings. The maximum atomic E-state index is 11.4. The quantitative estimate of drug-likeness (QED) is 0.342. The van der Waals surface area contributed by atoms with Crippen LogP contribution >= 0.6 is 11.6 Å². The fourth-order valence-electron chi connectivity index (χ4n) is 1.51. The first-order valence-corrected chi connectivity index (χ1v) is 5.82. The van der Waals surface area contributed by atoms with E-state index in [1.165, 1.54) is 0 Å². The molecule has 1 atom stereocenters. The summed E-state index contributed by atoms with van der Waals surface area (Å²) in [7, 11) is 0. The normalized spacial score (nSPS) is 11.6. The first kappa shape index (κ1) is 14.3. The number of hydrogen-bond acceptors (Lipinski definition) is 3. The molecule has 0 radical (unpaired) electrons. The summed E-state index contributed by atoms with van der Waals surface area (Å²) in [6.07, 6.45) is 0.623. The van der Waals surface area contributed by atoms with Gasteiger partial charge in [-0.25, -0.2) is 0 Å². The van der Waals surface area contributed by atoms with Gasteiger partial charge in [0, 0.05) is 16.5 Å². The van der Waals surface area contributed by atoms with Gasteiger partial charge in [0.1, 0.15) is 6.04 Å². The molecule has 0 aliphatic rings. The van der Waals surface area contributed by atoms with E-state index in [4.69, 9.17) is 22.9 Å². The first-order chi connectivity index (χ1) is 8.66. The Balaban J connectivity index is 2.64. The highest BCUT2D eigenvalue weighted by Crippen LogP contribution is 2.22. The topological polar surface area (TPSA) is 104 Å². The second kappa shape index (κ2) is 7.55. The van der Waals surface area contributed by atoms with Crippen molar-refractivity contribution < 1.29 is 4.79 Å². The van der Waals surface area contributed by atoms with Crippen LogP contribution in [-0.4, -0.2) is 19.0 Å². The number of nitrogens with two attached hydrogens (primary N) is 1. The third kappa shape index (κ3) is 4.25. The molecule has 1 rings (SSSR count). The van der Waals surface area contributed by atoms with Crippen LogP contribution in [0.4, 0.5) is 0 Å². The Hall–Kier alpha value is -1.75. The van der Waals surface area contributed by atoms with E-state index in [1.54, 1.807) is 24.3 Å². The van der Waals surface area contributed by atoms with Crippen LogP contribution in [0.1, 0.15) is 18.0 Å². The molecule has 1 unspecified atom stereocenters. The highest BCUT2D eigenvalue weighted by molar-refractivity contribution is 6.31. The predicted molar refractivity (Wildman–Crippen MR) is 70.0 cm³/mol. The van der Waals surface area contributed by atoms with Gasteiger partial charge in [0.2, 0.25) is 5.91 Å². The number of rotatable bonds is 7. The molecule has 1 aromatic carbocycles. The van der Waals surface area contributed by atoms with Crippen molar-refractivity contribution in [2.75, 3.05) is 13.1 Å². The van der Waals surface area contributed by atoms with E-state index in [0.29, 0.717) is 30.1 Å². The summed E-state index contributed by atoms with van der Waals surface area (Å²) in [4.78, 5) is 14.0. The Labute approximate surface area is 110 Å². The summed E-state index contributed by atoms with van der Waals surface area (Å²) in [6, 6.07) is 6.39. The molecule has 3 N–H and O–H groups in total. The van der Waals surface area contributed by atoms with Crippen molar-refractivity contribution >= 4 is 17.5 Å². The molecule has 18 heavy (non-hydrogen) atoms. The second-order valence-electron chi connectivity index (χ2n) is 3.62. The largest absolute Gasteiger partial charge is 0.368 e. The zero-order chi connectivity index (χ0) is 13.4. The van der Waals surface area contributed by atoms with Crippen molar-refractivity contribution in [3.63, 3.8) is 0 Å². The lowest BCUT2D eigenvalue weighted by atomic mass is 10.1. The van der Waals surface area contributed by atoms with E-state index in [0.717, 1.165) is 0 Å². The Bertz CT molecular complexity index is 459. The molecule has 0 bridgehead atoms. The van der Waals surface area contributed by atoms with Crippen LogP contribution in [0.15, 0.2) is 29.4 Å². The number of amides is 1. The molecule has 1 amide bonds. The lowest BCUT2D eigenvalue weighted by molar-refractivity contribution is -0.120. The monoisotopic (exact) mass is 267 g/mol. The summed E-state index contributed by atoms with van der Waals surface area (Å²) in [5.74, 6) is -0.494. The van der Waals surface area contributed by atoms with E-state index < -0.39 is 11.9 Å². The second-order valence-corrected chi connectivity index (χ2v) is 4.03. The highest BCUT2D eigenvalue weighted by Gasteiger charge is 2.18. The van der Waals surface area contributed by atoms with Crippen LogP contribution in [0.3, 0.4) is 0 Å². The van der Waals surface area contributed by atoms with Gasteiger partial charge in [-0.15, -0.1) is 0 Å². The molecule has 0 aliphatic heterocycles. The molecular weight excluding hydrogens is 254 g/mol. The first-order valence-electron chi connectivity index (χ1n) is 5.44. The molecule has 0 aliphatic carbocycles. The van der Waals surface area contributed by atoms with Gasteiger partial charge in [-0.3, -0.25) is 4.79 Å². The van der Waals surface area contributed by atoms with Gasteiger partial charge in [-0.1, -0.05) is 34.9 Å². The molecule has 0 spiro atoms. The maximum absolute atomic E-state index is 11.4. The molecule has 0 heterocycles. The van der Waals surface area contributed by atoms with Crippen LogP contribution in [-0.2, 0) is 4.79 Å². The van der Waals surface area contributed by atoms with Gasteiger partial charge in [0.05, 0.1) is 0 Å². The van der Waals surface area contributed by atoms with Crippen molar-refractivity contribution in [2.45, 2.75) is 12.5 Å². The number of halogens is 1. The third-order valence-electron chi connectivity index (χ3n) is 2.35. The van der Waals surface area contributed by atoms with E-state index in [9.17, 15) is 4.79 Å². The zero-order valence-corrected chi connectivity index (χ0v) is 10.5. The fraction of sp³-hybridized carbons (Fsp3) is 0.364. The Morgan fingerprint density at radius 2 is 2.28 bits per heavy atom. The molecule has 0 saturated carbocycles. The van der Waals surface area contributed by atoms with Gasteiger partial charge in [0.25, 0.3) is 0 Å². The molecule has 0 fully saturated rings. The van der Waals surface area contributed by atoms with Crippen molar-refractivity contribution in [2.24, 2.45) is 10.8 Å². The third-order valence-corrected chi connectivity index (χ3v) is 2.69. The summed E-state index contributed by atoms with van der Waals surface area (Å²) in [5, 5.41) is 6.88. The number of hydrogen-bond donors (Lipinski definition) is 2. The number of benzene rings is 1. The van der Waals surface area contributed by atoms with Crippen LogP contribution in [0.5, 0.6) is 0 Å². The standard InChI is InChI=1S/C11H14ClN5O/c12-9-5-2-1-4-8(9)10(11(13)18)15-6-3-7-16-17-14/h1-2,4-5,10,15H,3,6-7H2,(H2,13,18). The van der Waals surface area contributed by atoms with Crippen LogP contribution in [0.25, 0.3) is 10.4 Å². The molecule has 0 saturated heterocycles. The summed E-state index contributed by atoms with van der Waals surface area (Å²) < 4.78 is 0. The Morgan fingerprint density at radius 3 is 2.89 bits per heavy atom. The molecular formula is C11H14ClN5O. The number of nitrogens with one attached hydrogen (secondary N) is 1. The summed E-state index contributed by atoms with van der Waals surface area (Å²) in [6.45, 7) is 0.884. The van der Waals surface area contributed by atoms with Crippen molar-refractivity contribution in [3.8, 4) is 0 Å². The zero-order valence-electron chi connectivity index (χ0n) is 9.71. The number of azide groups is 1. The average Bonchev–Trinajstić information content (AvgIpc) is 2.35. The van der Waals surface area contributed by atoms with Crippen molar-refractivity contribution in [1.82, 2.24) is 5.32 Å². The van der Waals surface area contributed by atoms with Crippen LogP contribution in [0, 0.1) is 0 Å². The van der Waals surface area contributed by atoms with E-state index in [-0.39, 0.29) is 0 Å². The van der Waals surface area contributed by atoms with E-state index in [2.05, 4.69) is 15.3 Å². The average molecular weight is 268 g/mol. The van der Waals surface area contributed by atoms with Gasteiger partial charge < -0.3 is 11.1 Å². The lowest BCUT2D eigenvalue weighted by Gasteiger charge is -2.16. The Kier molecular flexibility index (Phi) is 6.00. The van der Waals surface area contributed by atoms with Crippen molar-refractivity contribution in [1.29, 1.82) is 0 Å². The molecule has 6 nitrogen and oxygen atoms in total. The number of primary amides is 1. The van der Waals surface area contributed by atoms with E-state index in [1.807, 2.05) is 0 Å². The van der Waals surface area contributed by atoms with Crippen molar-refractivity contribution in [3.05, 3.63) is 45.3 Å². The number of carbonyl (C=O) groups is 1. The summed E-state index contributed by atoms with van der Waals surface area (Å²) in [5.41, 5.74) is 14.1. The minimum Gasteiger partial charge on any atom is -0.368 e. The SMILES string of the molecule is [N-]=[N+]=NCCCNC(C(N)=O)c1ccccc1Cl. The summed E-state index contributed by atoms with van der Waals surface area (Å²) >= 11 is 6.01. The smallest absolute Gasteiger partial charge is 0.239 e. The fourth-order valence-corrected chi connectivity index (χ4v) is 1.76. The minimum absolute atomic E-state index is 0.373. The number of nitrogens with zero attached hydrogens (tertiary/aromatic N) is 3. The van der Waals surface area contributed by atoms with Crippen LogP contribution < -0.4 is 11.1 Å². The van der Waals surface area contributed by atoms with E-state index >= 15 is 0 Å². The van der Waals surface area contributed by atoms with Gasteiger partial charge >= 0.3 is 0 Å². The van der Waals surface area contributed by atoms with Gasteiger partial charge in [-0.05, 0) is 30.1 Å². The highest BCUT2D eigenvalue weighted by atomic mass is 35.5. The van der Waals surface area contributed by atoms with Crippen LogP contribution in [0.2, 0.25) is 5.02 Å². The molecule has 0 aromatic heterocycles. The maximum Gasteiger partial charge on any atom is 0.239 e. The Morgan fingerprint density at radius 1 is 1.56 bits per heavy atom.